The van der Waals surface area contributed by atoms with Gasteiger partial charge in [0.1, 0.15) is 0 Å². The topological polar surface area (TPSA) is 47.7 Å². The van der Waals surface area contributed by atoms with Gasteiger partial charge in [-0.15, -0.1) is 0 Å². The van der Waals surface area contributed by atoms with Crippen molar-refractivity contribution >= 4 is 0 Å². The van der Waals surface area contributed by atoms with Crippen LogP contribution in [-0.4, -0.2) is 50.1 Å². The van der Waals surface area contributed by atoms with E-state index in [1.54, 1.807) is 0 Å². The first-order chi connectivity index (χ1) is 6.35. The van der Waals surface area contributed by atoms with Gasteiger partial charge in [-0.1, -0.05) is 0 Å². The zero-order chi connectivity index (χ0) is 9.15. The molecule has 0 aromatic carbocycles. The van der Waals surface area contributed by atoms with Crippen LogP contribution in [0.5, 0.6) is 0 Å². The molecule has 4 nitrogen and oxygen atoms in total. The summed E-state index contributed by atoms with van der Waals surface area (Å²) in [4.78, 5) is 2.37. The van der Waals surface area contributed by atoms with Crippen LogP contribution in [0.1, 0.15) is 12.8 Å². The van der Waals surface area contributed by atoms with Crippen LogP contribution in [0.2, 0.25) is 0 Å². The number of ether oxygens (including phenoxy) is 2. The van der Waals surface area contributed by atoms with Crippen molar-refractivity contribution in [2.24, 2.45) is 5.73 Å². The van der Waals surface area contributed by atoms with Crippen molar-refractivity contribution in [2.75, 3.05) is 39.4 Å². The number of nitrogens with two attached hydrogens (primary N) is 1. The lowest BCUT2D eigenvalue weighted by atomic mass is 10.2. The third-order valence-electron chi connectivity index (χ3n) is 2.77. The quantitative estimate of drug-likeness (QED) is 0.662. The molecule has 0 aromatic heterocycles. The van der Waals surface area contributed by atoms with Crippen LogP contribution in [0.3, 0.4) is 0 Å². The van der Waals surface area contributed by atoms with Crippen molar-refractivity contribution in [1.82, 2.24) is 4.90 Å². The third kappa shape index (κ3) is 2.02. The minimum Gasteiger partial charge on any atom is -0.346 e. The predicted octanol–water partition coefficient (Wildman–Crippen LogP) is -0.216. The summed E-state index contributed by atoms with van der Waals surface area (Å²) < 4.78 is 11.2. The number of nitrogens with zero attached hydrogens (tertiary/aromatic N) is 1. The summed E-state index contributed by atoms with van der Waals surface area (Å²) in [5.74, 6) is -0.255. The SMILES string of the molecule is NCCCN1CCC2(C1)OCCO2. The molecule has 76 valence electrons. The molecule has 0 radical (unpaired) electrons. The van der Waals surface area contributed by atoms with Crippen LogP contribution >= 0.6 is 0 Å². The summed E-state index contributed by atoms with van der Waals surface area (Å²) in [6.07, 6.45) is 2.08. The van der Waals surface area contributed by atoms with Crippen LogP contribution in [-0.2, 0) is 9.47 Å². The summed E-state index contributed by atoms with van der Waals surface area (Å²) >= 11 is 0. The van der Waals surface area contributed by atoms with Crippen LogP contribution < -0.4 is 5.73 Å². The third-order valence-corrected chi connectivity index (χ3v) is 2.77. The standard InChI is InChI=1S/C9H18N2O2/c10-3-1-4-11-5-2-9(8-11)12-6-7-13-9/h1-8,10H2. The molecule has 4 heteroatoms. The largest absolute Gasteiger partial charge is 0.346 e. The minimum atomic E-state index is -0.255. The number of rotatable bonds is 3. The Morgan fingerprint density at radius 3 is 2.77 bits per heavy atom. The average Bonchev–Trinajstić information content (AvgIpc) is 2.74. The van der Waals surface area contributed by atoms with Gasteiger partial charge in [0.15, 0.2) is 5.79 Å². The van der Waals surface area contributed by atoms with Crippen LogP contribution in [0.25, 0.3) is 0 Å². The van der Waals surface area contributed by atoms with Crippen molar-refractivity contribution < 1.29 is 9.47 Å². The highest BCUT2D eigenvalue weighted by Crippen LogP contribution is 2.30. The molecule has 2 saturated heterocycles. The Balaban J connectivity index is 1.79. The highest BCUT2D eigenvalue weighted by Gasteiger charge is 2.42. The van der Waals surface area contributed by atoms with Crippen molar-refractivity contribution in [3.63, 3.8) is 0 Å². The molecule has 2 fully saturated rings. The maximum atomic E-state index is 5.62. The Bertz CT molecular complexity index is 169. The number of hydrogen-bond acceptors (Lipinski definition) is 4. The number of hydrogen-bond donors (Lipinski definition) is 1. The average molecular weight is 186 g/mol. The van der Waals surface area contributed by atoms with E-state index in [4.69, 9.17) is 15.2 Å². The Labute approximate surface area is 79.0 Å². The molecular weight excluding hydrogens is 168 g/mol. The van der Waals surface area contributed by atoms with Gasteiger partial charge in [-0.25, -0.2) is 0 Å². The molecule has 0 aliphatic carbocycles. The van der Waals surface area contributed by atoms with Crippen molar-refractivity contribution in [2.45, 2.75) is 18.6 Å². The first-order valence-corrected chi connectivity index (χ1v) is 5.05. The molecular formula is C9H18N2O2. The van der Waals surface area contributed by atoms with Crippen molar-refractivity contribution in [3.05, 3.63) is 0 Å². The lowest BCUT2D eigenvalue weighted by Crippen LogP contribution is -2.34. The van der Waals surface area contributed by atoms with Gasteiger partial charge < -0.3 is 15.2 Å². The smallest absolute Gasteiger partial charge is 0.182 e. The van der Waals surface area contributed by atoms with Gasteiger partial charge in [0.05, 0.1) is 19.8 Å². The molecule has 2 aliphatic rings. The molecule has 0 bridgehead atoms. The molecule has 2 rings (SSSR count). The molecule has 0 unspecified atom stereocenters. The second-order valence-electron chi connectivity index (χ2n) is 3.78. The van der Waals surface area contributed by atoms with E-state index in [0.29, 0.717) is 0 Å². The van der Waals surface area contributed by atoms with E-state index in [1.165, 1.54) is 0 Å². The molecule has 2 N–H and O–H groups in total. The highest BCUT2D eigenvalue weighted by molar-refractivity contribution is 4.86. The van der Waals surface area contributed by atoms with E-state index >= 15 is 0 Å². The molecule has 0 amide bonds. The maximum Gasteiger partial charge on any atom is 0.182 e. The monoisotopic (exact) mass is 186 g/mol. The fourth-order valence-electron chi connectivity index (χ4n) is 2.07. The van der Waals surface area contributed by atoms with Gasteiger partial charge in [-0.05, 0) is 19.5 Å². The lowest BCUT2D eigenvalue weighted by Gasteiger charge is -2.22. The van der Waals surface area contributed by atoms with Crippen molar-refractivity contribution in [1.29, 1.82) is 0 Å². The molecule has 1 spiro atoms. The van der Waals surface area contributed by atoms with Gasteiger partial charge in [0.2, 0.25) is 0 Å². The fourth-order valence-corrected chi connectivity index (χ4v) is 2.07. The lowest BCUT2D eigenvalue weighted by molar-refractivity contribution is -0.145. The zero-order valence-electron chi connectivity index (χ0n) is 8.00. The maximum absolute atomic E-state index is 5.62. The normalized spacial score (nSPS) is 27.5. The molecule has 0 saturated carbocycles. The molecule has 2 aliphatic heterocycles. The summed E-state index contributed by atoms with van der Waals surface area (Å²) in [6, 6.07) is 0. The summed E-state index contributed by atoms with van der Waals surface area (Å²) in [7, 11) is 0. The van der Waals surface area contributed by atoms with Crippen LogP contribution in [0.15, 0.2) is 0 Å². The Morgan fingerprint density at radius 2 is 2.08 bits per heavy atom. The van der Waals surface area contributed by atoms with Gasteiger partial charge in [-0.2, -0.15) is 0 Å². The predicted molar refractivity (Wildman–Crippen MR) is 49.4 cm³/mol. The van der Waals surface area contributed by atoms with Gasteiger partial charge in [-0.3, -0.25) is 4.90 Å². The Hall–Kier alpha value is -0.160. The van der Waals surface area contributed by atoms with E-state index in [-0.39, 0.29) is 5.79 Å². The van der Waals surface area contributed by atoms with E-state index in [2.05, 4.69) is 4.90 Å². The molecule has 0 atom stereocenters. The highest BCUT2D eigenvalue weighted by atomic mass is 16.7. The number of likely N-dealkylation sites (tertiary alicyclic amines) is 1. The molecule has 2 heterocycles. The first-order valence-electron chi connectivity index (χ1n) is 5.05. The molecule has 0 aromatic rings. The van der Waals surface area contributed by atoms with Crippen molar-refractivity contribution in [3.8, 4) is 0 Å². The summed E-state index contributed by atoms with van der Waals surface area (Å²) in [6.45, 7) is 5.36. The van der Waals surface area contributed by atoms with E-state index in [1.807, 2.05) is 0 Å². The van der Waals surface area contributed by atoms with Gasteiger partial charge in [0.25, 0.3) is 0 Å². The Morgan fingerprint density at radius 1 is 1.31 bits per heavy atom. The van der Waals surface area contributed by atoms with Gasteiger partial charge in [0, 0.05) is 13.0 Å². The summed E-state index contributed by atoms with van der Waals surface area (Å²) in [5.41, 5.74) is 5.46. The summed E-state index contributed by atoms with van der Waals surface area (Å²) in [5, 5.41) is 0. The van der Waals surface area contributed by atoms with E-state index < -0.39 is 0 Å². The van der Waals surface area contributed by atoms with Gasteiger partial charge >= 0.3 is 0 Å². The minimum absolute atomic E-state index is 0.255. The van der Waals surface area contributed by atoms with Crippen LogP contribution in [0.4, 0.5) is 0 Å². The zero-order valence-corrected chi connectivity index (χ0v) is 8.00. The Kier molecular flexibility index (Phi) is 2.83. The first kappa shape index (κ1) is 9.40. The van der Waals surface area contributed by atoms with E-state index in [0.717, 1.165) is 52.2 Å². The van der Waals surface area contributed by atoms with E-state index in [9.17, 15) is 0 Å². The fraction of sp³-hybridized carbons (Fsp3) is 1.00. The molecule has 13 heavy (non-hydrogen) atoms. The second kappa shape index (κ2) is 3.92. The van der Waals surface area contributed by atoms with Crippen LogP contribution in [0, 0.1) is 0 Å². The second-order valence-corrected chi connectivity index (χ2v) is 3.78.